The number of aromatic nitrogens is 4. The number of hydrogen-bond donors (Lipinski definition) is 3. The Morgan fingerprint density at radius 1 is 1.03 bits per heavy atom. The van der Waals surface area contributed by atoms with E-state index in [4.69, 9.17) is 0 Å². The number of hydrogen-bond acceptors (Lipinski definition) is 7. The van der Waals surface area contributed by atoms with Crippen molar-refractivity contribution in [1.29, 1.82) is 0 Å². The van der Waals surface area contributed by atoms with Crippen LogP contribution in [0.25, 0.3) is 27.9 Å². The van der Waals surface area contributed by atoms with Crippen LogP contribution in [-0.4, -0.2) is 58.1 Å². The number of benzene rings is 1. The fourth-order valence-electron chi connectivity index (χ4n) is 4.66. The summed E-state index contributed by atoms with van der Waals surface area (Å²) < 4.78 is 0. The van der Waals surface area contributed by atoms with Crippen LogP contribution in [0, 0.1) is 0 Å². The van der Waals surface area contributed by atoms with Crippen molar-refractivity contribution in [3.63, 3.8) is 0 Å². The summed E-state index contributed by atoms with van der Waals surface area (Å²) in [6.07, 6.45) is 5.82. The molecule has 0 radical (unpaired) electrons. The van der Waals surface area contributed by atoms with E-state index in [0.717, 1.165) is 72.0 Å². The first kappa shape index (κ1) is 20.7. The predicted octanol–water partition coefficient (Wildman–Crippen LogP) is 3.46. The Bertz CT molecular complexity index is 1350. The molecule has 2 aliphatic heterocycles. The van der Waals surface area contributed by atoms with Crippen LogP contribution in [0.2, 0.25) is 0 Å². The van der Waals surface area contributed by atoms with Gasteiger partial charge in [0, 0.05) is 80.1 Å². The van der Waals surface area contributed by atoms with Crippen LogP contribution in [0.1, 0.15) is 16.7 Å². The zero-order chi connectivity index (χ0) is 23.1. The molecule has 34 heavy (non-hydrogen) atoms. The van der Waals surface area contributed by atoms with Gasteiger partial charge < -0.3 is 25.4 Å². The van der Waals surface area contributed by atoms with E-state index in [-0.39, 0.29) is 0 Å². The molecule has 6 rings (SSSR count). The molecule has 3 N–H and O–H groups in total. The molecule has 1 aromatic carbocycles. The Hall–Kier alpha value is -3.91. The topological polar surface area (TPSA) is 85.0 Å². The lowest BCUT2D eigenvalue weighted by molar-refractivity contribution is 0.312. The van der Waals surface area contributed by atoms with Crippen LogP contribution < -0.4 is 15.5 Å². The first-order valence-electron chi connectivity index (χ1n) is 11.7. The van der Waals surface area contributed by atoms with Crippen molar-refractivity contribution in [2.75, 3.05) is 43.4 Å². The van der Waals surface area contributed by atoms with Crippen molar-refractivity contribution < 1.29 is 0 Å². The number of anilines is 2. The summed E-state index contributed by atoms with van der Waals surface area (Å²) in [5.74, 6) is 1.64. The fraction of sp³-hybridized carbons (Fsp3) is 0.269. The van der Waals surface area contributed by atoms with Crippen molar-refractivity contribution in [3.8, 4) is 11.1 Å². The molecule has 5 heterocycles. The Morgan fingerprint density at radius 2 is 1.91 bits per heavy atom. The molecule has 1 saturated heterocycles. The maximum Gasteiger partial charge on any atom is 0.224 e. The van der Waals surface area contributed by atoms with E-state index < -0.39 is 0 Å². The minimum absolute atomic E-state index is 0.596. The number of nitrogens with zero attached hydrogens (tertiary/aromatic N) is 5. The lowest BCUT2D eigenvalue weighted by Crippen LogP contribution is -2.44. The first-order chi connectivity index (χ1) is 16.6. The van der Waals surface area contributed by atoms with Crippen LogP contribution in [0.4, 0.5) is 11.8 Å². The Morgan fingerprint density at radius 3 is 2.74 bits per heavy atom. The van der Waals surface area contributed by atoms with Gasteiger partial charge in [0.1, 0.15) is 11.5 Å². The molecule has 4 aromatic rings. The summed E-state index contributed by atoms with van der Waals surface area (Å²) in [6, 6.07) is 10.7. The molecule has 1 fully saturated rings. The Kier molecular flexibility index (Phi) is 5.15. The molecule has 0 saturated carbocycles. The first-order valence-corrected chi connectivity index (χ1v) is 11.7. The van der Waals surface area contributed by atoms with Crippen molar-refractivity contribution in [2.24, 2.45) is 0 Å². The van der Waals surface area contributed by atoms with Crippen LogP contribution in [0.15, 0.2) is 55.5 Å². The molecule has 8 nitrogen and oxygen atoms in total. The summed E-state index contributed by atoms with van der Waals surface area (Å²) in [5, 5.41) is 7.64. The minimum Gasteiger partial charge on any atom is -0.381 e. The quantitative estimate of drug-likeness (QED) is 0.428. The molecule has 2 aliphatic rings. The molecule has 172 valence electrons. The van der Waals surface area contributed by atoms with Gasteiger partial charge in [-0.05, 0) is 35.9 Å². The highest BCUT2D eigenvalue weighted by Gasteiger charge is 2.17. The number of pyridine rings is 1. The Labute approximate surface area is 198 Å². The zero-order valence-corrected chi connectivity index (χ0v) is 19.3. The van der Waals surface area contributed by atoms with Gasteiger partial charge in [0.2, 0.25) is 5.95 Å². The second-order valence-corrected chi connectivity index (χ2v) is 9.03. The van der Waals surface area contributed by atoms with Crippen LogP contribution in [-0.2, 0) is 13.1 Å². The van der Waals surface area contributed by atoms with Crippen molar-refractivity contribution in [1.82, 2.24) is 30.2 Å². The number of likely N-dealkylation sites (N-methyl/N-ethyl adjacent to an activating group) is 1. The number of rotatable bonds is 5. The van der Waals surface area contributed by atoms with Gasteiger partial charge in [0.25, 0.3) is 0 Å². The van der Waals surface area contributed by atoms with E-state index >= 15 is 0 Å². The lowest BCUT2D eigenvalue weighted by Gasteiger charge is -2.33. The van der Waals surface area contributed by atoms with Gasteiger partial charge in [0.15, 0.2) is 0 Å². The van der Waals surface area contributed by atoms with E-state index in [9.17, 15) is 0 Å². The predicted molar refractivity (Wildman–Crippen MR) is 136 cm³/mol. The maximum atomic E-state index is 4.68. The minimum atomic E-state index is 0.596. The van der Waals surface area contributed by atoms with Crippen molar-refractivity contribution in [3.05, 3.63) is 72.2 Å². The van der Waals surface area contributed by atoms with Gasteiger partial charge in [0.05, 0.1) is 0 Å². The summed E-state index contributed by atoms with van der Waals surface area (Å²) in [7, 11) is 2.16. The fourth-order valence-corrected chi connectivity index (χ4v) is 4.66. The van der Waals surface area contributed by atoms with Crippen LogP contribution >= 0.6 is 0 Å². The standard InChI is InChI=1S/C26H28N8/c1-17-21-5-4-19(11-20(21)14-27-17)22-15-29-25-23(22)16-31-26(32-25)30-13-18-3-6-24(28-12-18)34-9-7-33(2)8-10-34/h3-6,11-12,15-16,27H,1,7-10,13-14H2,2H3,(H2,29,30,31,32). The van der Waals surface area contributed by atoms with Gasteiger partial charge in [-0.15, -0.1) is 0 Å². The van der Waals surface area contributed by atoms with E-state index in [1.54, 1.807) is 0 Å². The van der Waals surface area contributed by atoms with E-state index in [1.165, 1.54) is 11.1 Å². The van der Waals surface area contributed by atoms with Gasteiger partial charge in [-0.3, -0.25) is 0 Å². The molecular weight excluding hydrogens is 424 g/mol. The van der Waals surface area contributed by atoms with Crippen molar-refractivity contribution >= 4 is 28.5 Å². The normalized spacial score (nSPS) is 16.0. The molecule has 8 heteroatoms. The summed E-state index contributed by atoms with van der Waals surface area (Å²) in [4.78, 5) is 21.9. The Balaban J connectivity index is 1.14. The van der Waals surface area contributed by atoms with Crippen LogP contribution in [0.5, 0.6) is 0 Å². The highest BCUT2D eigenvalue weighted by molar-refractivity contribution is 5.94. The molecule has 0 unspecified atom stereocenters. The summed E-state index contributed by atoms with van der Waals surface area (Å²) >= 11 is 0. The van der Waals surface area contributed by atoms with Gasteiger partial charge in [-0.2, -0.15) is 4.98 Å². The van der Waals surface area contributed by atoms with E-state index in [2.05, 4.69) is 84.3 Å². The molecule has 0 amide bonds. The number of fused-ring (bicyclic) bond motifs is 2. The summed E-state index contributed by atoms with van der Waals surface area (Å²) in [6.45, 7) is 9.69. The van der Waals surface area contributed by atoms with Gasteiger partial charge >= 0.3 is 0 Å². The number of aromatic amines is 1. The van der Waals surface area contributed by atoms with E-state index in [0.29, 0.717) is 12.5 Å². The smallest absolute Gasteiger partial charge is 0.224 e. The number of H-pyrrole nitrogens is 1. The third-order valence-electron chi connectivity index (χ3n) is 6.75. The molecule has 0 bridgehead atoms. The summed E-state index contributed by atoms with van der Waals surface area (Å²) in [5.41, 5.74) is 7.62. The molecule has 0 spiro atoms. The second-order valence-electron chi connectivity index (χ2n) is 9.03. The third-order valence-corrected chi connectivity index (χ3v) is 6.75. The molecule has 3 aromatic heterocycles. The monoisotopic (exact) mass is 452 g/mol. The van der Waals surface area contributed by atoms with Crippen LogP contribution in [0.3, 0.4) is 0 Å². The molecule has 0 aliphatic carbocycles. The molecular formula is C26H28N8. The average Bonchev–Trinajstić information content (AvgIpc) is 3.46. The highest BCUT2D eigenvalue weighted by atomic mass is 15.3. The number of piperazine rings is 1. The molecule has 0 atom stereocenters. The maximum absolute atomic E-state index is 4.68. The number of nitrogens with one attached hydrogen (secondary N) is 3. The third kappa shape index (κ3) is 3.86. The largest absolute Gasteiger partial charge is 0.381 e. The van der Waals surface area contributed by atoms with Gasteiger partial charge in [-0.25, -0.2) is 9.97 Å². The SMILES string of the molecule is C=C1NCc2cc(-c3c[nH]c4nc(NCc5ccc(N6CCN(C)CC6)nc5)ncc34)ccc21. The lowest BCUT2D eigenvalue weighted by atomic mass is 10.0. The second kappa shape index (κ2) is 8.46. The van der Waals surface area contributed by atoms with E-state index in [1.807, 2.05) is 18.6 Å². The average molecular weight is 453 g/mol. The zero-order valence-electron chi connectivity index (χ0n) is 19.3. The highest BCUT2D eigenvalue weighted by Crippen LogP contribution is 2.32. The van der Waals surface area contributed by atoms with Crippen molar-refractivity contribution in [2.45, 2.75) is 13.1 Å². The van der Waals surface area contributed by atoms with Gasteiger partial charge in [-0.1, -0.05) is 24.8 Å².